The molecule has 3 aromatic rings. The summed E-state index contributed by atoms with van der Waals surface area (Å²) in [5, 5.41) is 0.307. The van der Waals surface area contributed by atoms with Crippen LogP contribution in [0.5, 0.6) is 5.75 Å². The normalized spacial score (nSPS) is 14.9. The lowest BCUT2D eigenvalue weighted by Crippen LogP contribution is -2.27. The van der Waals surface area contributed by atoms with Gasteiger partial charge in [-0.05, 0) is 103 Å². The number of benzene rings is 3. The van der Waals surface area contributed by atoms with Crippen LogP contribution in [0.4, 0.5) is 4.79 Å². The number of ether oxygens (including phenoxy) is 1. The zero-order valence-corrected chi connectivity index (χ0v) is 23.2. The first-order valence-electron chi connectivity index (χ1n) is 9.66. The maximum Gasteiger partial charge on any atom is 0.293 e. The molecule has 1 fully saturated rings. The van der Waals surface area contributed by atoms with Crippen molar-refractivity contribution in [3.63, 3.8) is 0 Å². The molecule has 168 valence electrons. The molecule has 0 unspecified atom stereocenters. The molecule has 0 aliphatic carbocycles. The van der Waals surface area contributed by atoms with Gasteiger partial charge in [-0.25, -0.2) is 0 Å². The Morgan fingerprint density at radius 1 is 0.909 bits per heavy atom. The van der Waals surface area contributed by atoms with Crippen LogP contribution in [0, 0.1) is 0 Å². The Kier molecular flexibility index (Phi) is 8.02. The fraction of sp³-hybridized carbons (Fsp3) is 0.0833. The van der Waals surface area contributed by atoms with Crippen molar-refractivity contribution in [2.75, 3.05) is 0 Å². The maximum atomic E-state index is 12.9. The van der Waals surface area contributed by atoms with Gasteiger partial charge in [0.15, 0.2) is 0 Å². The molecule has 4 rings (SSSR count). The van der Waals surface area contributed by atoms with Gasteiger partial charge in [-0.1, -0.05) is 51.8 Å². The van der Waals surface area contributed by atoms with Crippen LogP contribution in [0.25, 0.3) is 6.08 Å². The van der Waals surface area contributed by atoms with Gasteiger partial charge < -0.3 is 4.74 Å². The SMILES string of the molecule is O=C1S/C(=C\c2cc(Br)c(OCc3ccc(Br)cc3)c(Br)c2)C(=O)N1Cc1ccc(Cl)cc1. The Labute approximate surface area is 225 Å². The lowest BCUT2D eigenvalue weighted by atomic mass is 10.2. The van der Waals surface area contributed by atoms with Crippen LogP contribution < -0.4 is 4.74 Å². The Balaban J connectivity index is 1.49. The number of hydrogen-bond acceptors (Lipinski definition) is 4. The number of thioether (sulfide) groups is 1. The Morgan fingerprint density at radius 2 is 1.52 bits per heavy atom. The second kappa shape index (κ2) is 10.8. The number of hydrogen-bond donors (Lipinski definition) is 0. The third-order valence-corrected chi connectivity index (χ3v) is 7.61. The highest BCUT2D eigenvalue weighted by atomic mass is 79.9. The molecule has 0 radical (unpaired) electrons. The second-order valence-corrected chi connectivity index (χ2v) is 11.2. The van der Waals surface area contributed by atoms with E-state index in [0.29, 0.717) is 22.3 Å². The number of rotatable bonds is 6. The number of amides is 2. The zero-order valence-electron chi connectivity index (χ0n) is 16.9. The molecule has 4 nitrogen and oxygen atoms in total. The van der Waals surface area contributed by atoms with Gasteiger partial charge in [0.25, 0.3) is 11.1 Å². The van der Waals surface area contributed by atoms with E-state index in [1.807, 2.05) is 36.4 Å². The number of halogens is 4. The third-order valence-electron chi connectivity index (χ3n) is 4.74. The van der Waals surface area contributed by atoms with Crippen molar-refractivity contribution in [3.8, 4) is 5.75 Å². The van der Waals surface area contributed by atoms with Gasteiger partial charge in [0.2, 0.25) is 0 Å². The van der Waals surface area contributed by atoms with Crippen molar-refractivity contribution in [2.24, 2.45) is 0 Å². The van der Waals surface area contributed by atoms with Gasteiger partial charge in [-0.3, -0.25) is 14.5 Å². The summed E-state index contributed by atoms with van der Waals surface area (Å²) < 4.78 is 8.46. The van der Waals surface area contributed by atoms with Crippen molar-refractivity contribution >= 4 is 88.4 Å². The van der Waals surface area contributed by atoms with Crippen molar-refractivity contribution < 1.29 is 14.3 Å². The minimum Gasteiger partial charge on any atom is -0.487 e. The average molecular weight is 673 g/mol. The van der Waals surface area contributed by atoms with Crippen LogP contribution in [0.2, 0.25) is 5.02 Å². The summed E-state index contributed by atoms with van der Waals surface area (Å²) in [4.78, 5) is 26.9. The van der Waals surface area contributed by atoms with Gasteiger partial charge in [0.05, 0.1) is 20.4 Å². The fourth-order valence-corrected chi connectivity index (χ4v) is 5.78. The predicted molar refractivity (Wildman–Crippen MR) is 143 cm³/mol. The molecule has 3 aromatic carbocycles. The second-order valence-electron chi connectivity index (χ2n) is 7.12. The highest BCUT2D eigenvalue weighted by Gasteiger charge is 2.35. The van der Waals surface area contributed by atoms with Gasteiger partial charge >= 0.3 is 0 Å². The molecule has 1 aliphatic rings. The van der Waals surface area contributed by atoms with Crippen LogP contribution in [0.1, 0.15) is 16.7 Å². The van der Waals surface area contributed by atoms with Crippen LogP contribution in [-0.4, -0.2) is 16.0 Å². The molecule has 0 N–H and O–H groups in total. The first-order valence-corrected chi connectivity index (χ1v) is 13.2. The summed E-state index contributed by atoms with van der Waals surface area (Å²) in [6.45, 7) is 0.614. The molecular weight excluding hydrogens is 657 g/mol. The molecule has 0 bridgehead atoms. The van der Waals surface area contributed by atoms with Crippen LogP contribution in [0.3, 0.4) is 0 Å². The first kappa shape index (κ1) is 24.5. The fourth-order valence-electron chi connectivity index (χ4n) is 3.10. The monoisotopic (exact) mass is 669 g/mol. The van der Waals surface area contributed by atoms with Crippen molar-refractivity contribution in [3.05, 3.63) is 101 Å². The molecule has 0 saturated carbocycles. The van der Waals surface area contributed by atoms with E-state index in [9.17, 15) is 9.59 Å². The Bertz CT molecular complexity index is 1220. The molecule has 33 heavy (non-hydrogen) atoms. The van der Waals surface area contributed by atoms with Crippen LogP contribution >= 0.6 is 71.2 Å². The van der Waals surface area contributed by atoms with E-state index in [1.165, 1.54) is 4.90 Å². The van der Waals surface area contributed by atoms with Crippen molar-refractivity contribution in [1.29, 1.82) is 0 Å². The number of imide groups is 1. The first-order chi connectivity index (χ1) is 15.8. The van der Waals surface area contributed by atoms with E-state index in [4.69, 9.17) is 16.3 Å². The largest absolute Gasteiger partial charge is 0.487 e. The number of carbonyl (C=O) groups is 2. The molecule has 0 aromatic heterocycles. The molecular formula is C24H15Br3ClNO3S. The summed E-state index contributed by atoms with van der Waals surface area (Å²) in [5.74, 6) is 0.341. The minimum atomic E-state index is -0.317. The van der Waals surface area contributed by atoms with E-state index >= 15 is 0 Å². The minimum absolute atomic E-state index is 0.204. The number of carbonyl (C=O) groups excluding carboxylic acids is 2. The van der Waals surface area contributed by atoms with Gasteiger partial charge in [0.1, 0.15) is 12.4 Å². The standard InChI is InChI=1S/C24H15Br3ClNO3S/c25-17-5-1-15(2-6-17)13-32-22-19(26)9-16(10-20(22)27)11-21-23(30)29(24(31)33-21)12-14-3-7-18(28)8-4-14/h1-11H,12-13H2/b21-11-. The average Bonchev–Trinajstić information content (AvgIpc) is 3.03. The zero-order chi connectivity index (χ0) is 23.5. The van der Waals surface area contributed by atoms with Crippen LogP contribution in [0.15, 0.2) is 79.0 Å². The smallest absolute Gasteiger partial charge is 0.293 e. The van der Waals surface area contributed by atoms with E-state index in [-0.39, 0.29) is 17.7 Å². The van der Waals surface area contributed by atoms with E-state index in [1.54, 1.807) is 30.3 Å². The molecule has 0 atom stereocenters. The lowest BCUT2D eigenvalue weighted by Gasteiger charge is -2.13. The summed E-state index contributed by atoms with van der Waals surface area (Å²) in [7, 11) is 0. The highest BCUT2D eigenvalue weighted by Crippen LogP contribution is 2.38. The summed E-state index contributed by atoms with van der Waals surface area (Å²) in [6, 6.07) is 18.7. The summed E-state index contributed by atoms with van der Waals surface area (Å²) in [6.07, 6.45) is 1.71. The molecule has 2 amide bonds. The lowest BCUT2D eigenvalue weighted by molar-refractivity contribution is -0.123. The third kappa shape index (κ3) is 6.11. The Morgan fingerprint density at radius 3 is 2.15 bits per heavy atom. The van der Waals surface area contributed by atoms with E-state index in [2.05, 4.69) is 47.8 Å². The Hall–Kier alpha value is -1.58. The molecule has 1 saturated heterocycles. The van der Waals surface area contributed by atoms with Crippen LogP contribution in [-0.2, 0) is 17.9 Å². The summed E-state index contributed by atoms with van der Waals surface area (Å²) >= 11 is 17.4. The molecule has 1 aliphatic heterocycles. The van der Waals surface area contributed by atoms with Gasteiger partial charge in [-0.15, -0.1) is 0 Å². The quantitative estimate of drug-likeness (QED) is 0.247. The van der Waals surface area contributed by atoms with Crippen molar-refractivity contribution in [2.45, 2.75) is 13.2 Å². The number of nitrogens with zero attached hydrogens (tertiary/aromatic N) is 1. The maximum absolute atomic E-state index is 12.9. The van der Waals surface area contributed by atoms with Crippen molar-refractivity contribution in [1.82, 2.24) is 4.90 Å². The molecule has 0 spiro atoms. The van der Waals surface area contributed by atoms with Gasteiger partial charge in [0, 0.05) is 9.50 Å². The molecule has 9 heteroatoms. The van der Waals surface area contributed by atoms with Gasteiger partial charge in [-0.2, -0.15) is 0 Å². The van der Waals surface area contributed by atoms with E-state index < -0.39 is 0 Å². The highest BCUT2D eigenvalue weighted by molar-refractivity contribution is 9.11. The topological polar surface area (TPSA) is 46.6 Å². The predicted octanol–water partition coefficient (Wildman–Crippen LogP) is 8.44. The molecule has 1 heterocycles. The summed E-state index contributed by atoms with van der Waals surface area (Å²) in [5.41, 5.74) is 2.64. The van der Waals surface area contributed by atoms with E-state index in [0.717, 1.165) is 41.9 Å².